The minimum Gasteiger partial charge on any atom is -0.368 e. The molecule has 1 aromatic heterocycles. The van der Waals surface area contributed by atoms with Crippen molar-refractivity contribution in [2.24, 2.45) is 0 Å². The van der Waals surface area contributed by atoms with Gasteiger partial charge in [-0.1, -0.05) is 6.07 Å². The van der Waals surface area contributed by atoms with Gasteiger partial charge in [0, 0.05) is 39.0 Å². The summed E-state index contributed by atoms with van der Waals surface area (Å²) in [5.74, 6) is 0.862. The van der Waals surface area contributed by atoms with Crippen LogP contribution in [0.1, 0.15) is 24.8 Å². The molecule has 1 saturated heterocycles. The first-order valence-electron chi connectivity index (χ1n) is 6.69. The minimum absolute atomic E-state index is 0.0201. The van der Waals surface area contributed by atoms with Crippen molar-refractivity contribution < 1.29 is 9.53 Å². The second-order valence-corrected chi connectivity index (χ2v) is 4.95. The van der Waals surface area contributed by atoms with E-state index in [0.29, 0.717) is 13.2 Å². The highest BCUT2D eigenvalue weighted by Gasteiger charge is 2.21. The molecule has 1 amide bonds. The lowest BCUT2D eigenvalue weighted by Gasteiger charge is -2.22. The Kier molecular flexibility index (Phi) is 4.74. The van der Waals surface area contributed by atoms with Gasteiger partial charge in [0.2, 0.25) is 5.91 Å². The monoisotopic (exact) mass is 263 g/mol. The Hall–Kier alpha value is -1.62. The van der Waals surface area contributed by atoms with E-state index in [1.165, 1.54) is 0 Å². The summed E-state index contributed by atoms with van der Waals surface area (Å²) in [6.07, 6.45) is 4.41. The van der Waals surface area contributed by atoms with Crippen molar-refractivity contribution in [1.82, 2.24) is 10.3 Å². The summed E-state index contributed by atoms with van der Waals surface area (Å²) in [7, 11) is 3.88. The van der Waals surface area contributed by atoms with Crippen LogP contribution >= 0.6 is 0 Å². The number of hydrogen-bond acceptors (Lipinski definition) is 4. The molecule has 0 bridgehead atoms. The van der Waals surface area contributed by atoms with Crippen molar-refractivity contribution in [1.29, 1.82) is 0 Å². The molecule has 2 rings (SSSR count). The van der Waals surface area contributed by atoms with Crippen LogP contribution in [0, 0.1) is 0 Å². The fourth-order valence-corrected chi connectivity index (χ4v) is 2.21. The minimum atomic E-state index is -0.284. The number of nitrogens with one attached hydrogen (secondary N) is 1. The molecule has 1 N–H and O–H groups in total. The van der Waals surface area contributed by atoms with Crippen LogP contribution in [-0.2, 0) is 16.1 Å². The number of aromatic nitrogens is 1. The molecule has 2 heterocycles. The summed E-state index contributed by atoms with van der Waals surface area (Å²) < 4.78 is 5.47. The average Bonchev–Trinajstić information content (AvgIpc) is 2.46. The number of nitrogens with zero attached hydrogens (tertiary/aromatic N) is 2. The van der Waals surface area contributed by atoms with Gasteiger partial charge in [0.15, 0.2) is 0 Å². The molecule has 1 unspecified atom stereocenters. The SMILES string of the molecule is CN(C)c1ncccc1CNC(=O)C1CCCCO1. The first kappa shape index (κ1) is 13.8. The molecule has 5 heteroatoms. The molecule has 1 aliphatic rings. The zero-order valence-electron chi connectivity index (χ0n) is 11.6. The largest absolute Gasteiger partial charge is 0.368 e. The zero-order valence-corrected chi connectivity index (χ0v) is 11.6. The Balaban J connectivity index is 1.93. The molecule has 1 fully saturated rings. The molecule has 1 aliphatic heterocycles. The molecule has 1 aromatic rings. The van der Waals surface area contributed by atoms with Crippen LogP contribution in [0.4, 0.5) is 5.82 Å². The van der Waals surface area contributed by atoms with Crippen LogP contribution < -0.4 is 10.2 Å². The van der Waals surface area contributed by atoms with E-state index in [1.807, 2.05) is 31.1 Å². The summed E-state index contributed by atoms with van der Waals surface area (Å²) >= 11 is 0. The van der Waals surface area contributed by atoms with E-state index in [0.717, 1.165) is 30.6 Å². The number of ether oxygens (including phenoxy) is 1. The lowest BCUT2D eigenvalue weighted by Crippen LogP contribution is -2.38. The van der Waals surface area contributed by atoms with Crippen molar-refractivity contribution in [2.75, 3.05) is 25.6 Å². The normalized spacial score (nSPS) is 18.9. The van der Waals surface area contributed by atoms with Crippen LogP contribution in [-0.4, -0.2) is 37.7 Å². The maximum absolute atomic E-state index is 12.0. The van der Waals surface area contributed by atoms with Gasteiger partial charge in [0.1, 0.15) is 11.9 Å². The summed E-state index contributed by atoms with van der Waals surface area (Å²) in [6.45, 7) is 1.17. The maximum Gasteiger partial charge on any atom is 0.249 e. The third-order valence-corrected chi connectivity index (χ3v) is 3.22. The van der Waals surface area contributed by atoms with E-state index in [4.69, 9.17) is 4.74 Å². The van der Waals surface area contributed by atoms with Crippen LogP contribution in [0.25, 0.3) is 0 Å². The topological polar surface area (TPSA) is 54.5 Å². The number of pyridine rings is 1. The first-order chi connectivity index (χ1) is 9.18. The Morgan fingerprint density at radius 2 is 2.37 bits per heavy atom. The molecule has 1 atom stereocenters. The van der Waals surface area contributed by atoms with E-state index in [1.54, 1.807) is 6.20 Å². The highest BCUT2D eigenvalue weighted by Crippen LogP contribution is 2.15. The van der Waals surface area contributed by atoms with Gasteiger partial charge in [-0.2, -0.15) is 0 Å². The van der Waals surface area contributed by atoms with Crippen molar-refractivity contribution in [3.8, 4) is 0 Å². The molecule has 5 nitrogen and oxygen atoms in total. The summed E-state index contributed by atoms with van der Waals surface area (Å²) in [5.41, 5.74) is 1.01. The number of amides is 1. The fourth-order valence-electron chi connectivity index (χ4n) is 2.21. The molecule has 0 spiro atoms. The molecule has 0 saturated carbocycles. The van der Waals surface area contributed by atoms with Gasteiger partial charge in [-0.25, -0.2) is 4.98 Å². The van der Waals surface area contributed by atoms with Gasteiger partial charge in [0.05, 0.1) is 0 Å². The molecule has 0 aliphatic carbocycles. The van der Waals surface area contributed by atoms with Crippen molar-refractivity contribution in [3.05, 3.63) is 23.9 Å². The van der Waals surface area contributed by atoms with E-state index < -0.39 is 0 Å². The smallest absolute Gasteiger partial charge is 0.249 e. The number of rotatable bonds is 4. The summed E-state index contributed by atoms with van der Waals surface area (Å²) in [4.78, 5) is 18.2. The Morgan fingerprint density at radius 1 is 1.53 bits per heavy atom. The second kappa shape index (κ2) is 6.52. The Morgan fingerprint density at radius 3 is 3.05 bits per heavy atom. The molecule has 19 heavy (non-hydrogen) atoms. The standard InChI is InChI=1S/C14H21N3O2/c1-17(2)13-11(6-5-8-15-13)10-16-14(18)12-7-3-4-9-19-12/h5-6,8,12H,3-4,7,9-10H2,1-2H3,(H,16,18). The summed E-state index contributed by atoms with van der Waals surface area (Å²) in [6, 6.07) is 3.86. The number of anilines is 1. The van der Waals surface area contributed by atoms with Gasteiger partial charge < -0.3 is 15.0 Å². The van der Waals surface area contributed by atoms with Crippen molar-refractivity contribution in [3.63, 3.8) is 0 Å². The van der Waals surface area contributed by atoms with E-state index >= 15 is 0 Å². The summed E-state index contributed by atoms with van der Waals surface area (Å²) in [5, 5.41) is 2.93. The van der Waals surface area contributed by atoms with Crippen LogP contribution in [0.15, 0.2) is 18.3 Å². The van der Waals surface area contributed by atoms with Gasteiger partial charge in [-0.05, 0) is 25.3 Å². The number of carbonyl (C=O) groups excluding carboxylic acids is 1. The third kappa shape index (κ3) is 3.67. The van der Waals surface area contributed by atoms with Gasteiger partial charge in [-0.3, -0.25) is 4.79 Å². The van der Waals surface area contributed by atoms with E-state index in [2.05, 4.69) is 10.3 Å². The lowest BCUT2D eigenvalue weighted by atomic mass is 10.1. The number of carbonyl (C=O) groups is 1. The van der Waals surface area contributed by atoms with E-state index in [9.17, 15) is 4.79 Å². The highest BCUT2D eigenvalue weighted by atomic mass is 16.5. The maximum atomic E-state index is 12.0. The predicted molar refractivity (Wildman–Crippen MR) is 74.0 cm³/mol. The second-order valence-electron chi connectivity index (χ2n) is 4.95. The van der Waals surface area contributed by atoms with Crippen LogP contribution in [0.5, 0.6) is 0 Å². The quantitative estimate of drug-likeness (QED) is 0.890. The molecule has 0 aromatic carbocycles. The average molecular weight is 263 g/mol. The predicted octanol–water partition coefficient (Wildman–Crippen LogP) is 1.33. The van der Waals surface area contributed by atoms with Gasteiger partial charge in [0.25, 0.3) is 0 Å². The molecular formula is C14H21N3O2. The van der Waals surface area contributed by atoms with Crippen LogP contribution in [0.3, 0.4) is 0 Å². The Bertz CT molecular complexity index is 428. The first-order valence-corrected chi connectivity index (χ1v) is 6.69. The molecular weight excluding hydrogens is 242 g/mol. The van der Waals surface area contributed by atoms with Crippen molar-refractivity contribution in [2.45, 2.75) is 31.9 Å². The number of hydrogen-bond donors (Lipinski definition) is 1. The van der Waals surface area contributed by atoms with Gasteiger partial charge in [-0.15, -0.1) is 0 Å². The van der Waals surface area contributed by atoms with Gasteiger partial charge >= 0.3 is 0 Å². The highest BCUT2D eigenvalue weighted by molar-refractivity contribution is 5.80. The van der Waals surface area contributed by atoms with Crippen molar-refractivity contribution >= 4 is 11.7 Å². The Labute approximate surface area is 114 Å². The third-order valence-electron chi connectivity index (χ3n) is 3.22. The lowest BCUT2D eigenvalue weighted by molar-refractivity contribution is -0.135. The van der Waals surface area contributed by atoms with E-state index in [-0.39, 0.29) is 12.0 Å². The fraction of sp³-hybridized carbons (Fsp3) is 0.571. The zero-order chi connectivity index (χ0) is 13.7. The molecule has 0 radical (unpaired) electrons. The van der Waals surface area contributed by atoms with Crippen LogP contribution in [0.2, 0.25) is 0 Å². The molecule has 104 valence electrons.